The summed E-state index contributed by atoms with van der Waals surface area (Å²) in [6.07, 6.45) is 0.992. The van der Waals surface area contributed by atoms with Crippen LogP contribution in [0.25, 0.3) is 11.0 Å². The van der Waals surface area contributed by atoms with Gasteiger partial charge in [0.25, 0.3) is 0 Å². The number of benzene rings is 1. The molecule has 4 heteroatoms. The molecule has 22 heavy (non-hydrogen) atoms. The molecule has 1 aliphatic heterocycles. The Morgan fingerprint density at radius 3 is 2.86 bits per heavy atom. The molecule has 0 bridgehead atoms. The molecular weight excluding hydrogens is 276 g/mol. The van der Waals surface area contributed by atoms with E-state index < -0.39 is 0 Å². The van der Waals surface area contributed by atoms with Crippen molar-refractivity contribution in [1.29, 1.82) is 0 Å². The van der Waals surface area contributed by atoms with E-state index in [1.165, 1.54) is 0 Å². The van der Waals surface area contributed by atoms with E-state index in [0.29, 0.717) is 5.58 Å². The van der Waals surface area contributed by atoms with E-state index in [-0.39, 0.29) is 17.1 Å². The lowest BCUT2D eigenvalue weighted by Gasteiger charge is -2.42. The zero-order valence-corrected chi connectivity index (χ0v) is 13.6. The van der Waals surface area contributed by atoms with Crippen LogP contribution in [0.3, 0.4) is 0 Å². The molecule has 2 aromatic rings. The Kier molecular flexibility index (Phi) is 3.83. The molecule has 2 heterocycles. The monoisotopic (exact) mass is 300 g/mol. The van der Waals surface area contributed by atoms with E-state index in [1.54, 1.807) is 6.07 Å². The van der Waals surface area contributed by atoms with E-state index in [9.17, 15) is 4.79 Å². The first-order chi connectivity index (χ1) is 10.3. The Morgan fingerprint density at radius 2 is 2.14 bits per heavy atom. The van der Waals surface area contributed by atoms with Crippen LogP contribution in [-0.2, 0) is 6.54 Å². The van der Waals surface area contributed by atoms with Gasteiger partial charge in [-0.05, 0) is 36.0 Å². The molecule has 1 unspecified atom stereocenters. The predicted molar refractivity (Wildman–Crippen MR) is 88.9 cm³/mol. The summed E-state index contributed by atoms with van der Waals surface area (Å²) < 4.78 is 5.34. The zero-order chi connectivity index (χ0) is 15.9. The second-order valence-electron chi connectivity index (χ2n) is 7.18. The van der Waals surface area contributed by atoms with E-state index in [2.05, 4.69) is 24.8 Å². The van der Waals surface area contributed by atoms with Gasteiger partial charge in [0.1, 0.15) is 5.58 Å². The van der Waals surface area contributed by atoms with Crippen molar-refractivity contribution in [3.63, 3.8) is 0 Å². The van der Waals surface area contributed by atoms with Crippen LogP contribution >= 0.6 is 0 Å². The number of hydrogen-bond acceptors (Lipinski definition) is 4. The van der Waals surface area contributed by atoms with Crippen molar-refractivity contribution in [2.24, 2.45) is 11.1 Å². The summed E-state index contributed by atoms with van der Waals surface area (Å²) in [6.45, 7) is 9.11. The molecule has 2 N–H and O–H groups in total. The first-order valence-corrected chi connectivity index (χ1v) is 7.86. The van der Waals surface area contributed by atoms with Gasteiger partial charge in [-0.3, -0.25) is 4.90 Å². The molecule has 118 valence electrons. The van der Waals surface area contributed by atoms with Gasteiger partial charge in [-0.15, -0.1) is 0 Å². The van der Waals surface area contributed by atoms with Gasteiger partial charge < -0.3 is 10.2 Å². The van der Waals surface area contributed by atoms with Crippen molar-refractivity contribution in [3.8, 4) is 0 Å². The molecule has 0 aliphatic carbocycles. The first-order valence-electron chi connectivity index (χ1n) is 7.86. The Bertz CT molecular complexity index is 748. The van der Waals surface area contributed by atoms with Crippen LogP contribution in [0, 0.1) is 12.3 Å². The number of piperidine rings is 1. The SMILES string of the molecule is Cc1ccc2c(CN3CCC(N)C(C)(C)C3)cc(=O)oc2c1. The number of hydrogen-bond donors (Lipinski definition) is 1. The van der Waals surface area contributed by atoms with Crippen LogP contribution in [0.15, 0.2) is 33.5 Å². The molecule has 1 atom stereocenters. The second-order valence-corrected chi connectivity index (χ2v) is 7.18. The van der Waals surface area contributed by atoms with Gasteiger partial charge in [-0.1, -0.05) is 26.0 Å². The van der Waals surface area contributed by atoms with E-state index in [1.807, 2.05) is 19.1 Å². The number of rotatable bonds is 2. The third-order valence-corrected chi connectivity index (χ3v) is 4.77. The summed E-state index contributed by atoms with van der Waals surface area (Å²) in [7, 11) is 0. The fourth-order valence-corrected chi connectivity index (χ4v) is 3.33. The molecule has 3 rings (SSSR count). The zero-order valence-electron chi connectivity index (χ0n) is 13.6. The van der Waals surface area contributed by atoms with Gasteiger partial charge in [0.05, 0.1) is 0 Å². The van der Waals surface area contributed by atoms with Gasteiger partial charge in [-0.2, -0.15) is 0 Å². The van der Waals surface area contributed by atoms with Crippen LogP contribution < -0.4 is 11.4 Å². The minimum Gasteiger partial charge on any atom is -0.423 e. The summed E-state index contributed by atoms with van der Waals surface area (Å²) in [5.74, 6) is 0. The van der Waals surface area contributed by atoms with Crippen LogP contribution in [0.2, 0.25) is 0 Å². The normalized spacial score (nSPS) is 22.1. The van der Waals surface area contributed by atoms with E-state index in [0.717, 1.165) is 42.6 Å². The van der Waals surface area contributed by atoms with Crippen molar-refractivity contribution in [2.75, 3.05) is 13.1 Å². The maximum absolute atomic E-state index is 11.8. The molecule has 1 fully saturated rings. The Morgan fingerprint density at radius 1 is 1.36 bits per heavy atom. The van der Waals surface area contributed by atoms with Gasteiger partial charge in [0, 0.05) is 37.1 Å². The van der Waals surface area contributed by atoms with Gasteiger partial charge in [-0.25, -0.2) is 4.79 Å². The molecule has 1 saturated heterocycles. The minimum atomic E-state index is -0.277. The van der Waals surface area contributed by atoms with Gasteiger partial charge in [0.15, 0.2) is 0 Å². The van der Waals surface area contributed by atoms with Crippen LogP contribution in [0.5, 0.6) is 0 Å². The van der Waals surface area contributed by atoms with E-state index in [4.69, 9.17) is 10.2 Å². The average Bonchev–Trinajstić information content (AvgIpc) is 2.42. The van der Waals surface area contributed by atoms with Crippen LogP contribution in [0.1, 0.15) is 31.4 Å². The van der Waals surface area contributed by atoms with Gasteiger partial charge in [0.2, 0.25) is 0 Å². The number of likely N-dealkylation sites (tertiary alicyclic amines) is 1. The topological polar surface area (TPSA) is 59.5 Å². The number of fused-ring (bicyclic) bond motifs is 1. The third kappa shape index (κ3) is 2.94. The molecule has 0 spiro atoms. The summed E-state index contributed by atoms with van der Waals surface area (Å²) in [4.78, 5) is 14.2. The van der Waals surface area contributed by atoms with Crippen molar-refractivity contribution in [3.05, 3.63) is 45.8 Å². The largest absolute Gasteiger partial charge is 0.423 e. The highest BCUT2D eigenvalue weighted by atomic mass is 16.4. The maximum Gasteiger partial charge on any atom is 0.336 e. The van der Waals surface area contributed by atoms with Crippen LogP contribution in [-0.4, -0.2) is 24.0 Å². The summed E-state index contributed by atoms with van der Waals surface area (Å²) in [6, 6.07) is 7.89. The fraction of sp³-hybridized carbons (Fsp3) is 0.500. The van der Waals surface area contributed by atoms with Crippen molar-refractivity contribution in [2.45, 2.75) is 39.8 Å². The molecule has 0 amide bonds. The summed E-state index contributed by atoms with van der Waals surface area (Å²) in [5.41, 5.74) is 8.84. The van der Waals surface area contributed by atoms with Gasteiger partial charge >= 0.3 is 5.63 Å². The third-order valence-electron chi connectivity index (χ3n) is 4.77. The average molecular weight is 300 g/mol. The standard InChI is InChI=1S/C18H24N2O2/c1-12-4-5-14-13(9-17(21)22-15(14)8-12)10-20-7-6-16(19)18(2,3)11-20/h4-5,8-9,16H,6-7,10-11,19H2,1-3H3. The summed E-state index contributed by atoms with van der Waals surface area (Å²) in [5, 5.41) is 1.03. The van der Waals surface area contributed by atoms with Crippen molar-refractivity contribution < 1.29 is 4.42 Å². The molecular formula is C18H24N2O2. The highest BCUT2D eigenvalue weighted by Gasteiger charge is 2.33. The lowest BCUT2D eigenvalue weighted by Crippen LogP contribution is -2.52. The predicted octanol–water partition coefficient (Wildman–Crippen LogP) is 2.66. The highest BCUT2D eigenvalue weighted by Crippen LogP contribution is 2.29. The smallest absolute Gasteiger partial charge is 0.336 e. The molecule has 0 radical (unpaired) electrons. The maximum atomic E-state index is 11.8. The quantitative estimate of drug-likeness (QED) is 0.866. The molecule has 1 aliphatic rings. The molecule has 4 nitrogen and oxygen atoms in total. The molecule has 1 aromatic carbocycles. The summed E-state index contributed by atoms with van der Waals surface area (Å²) >= 11 is 0. The lowest BCUT2D eigenvalue weighted by molar-refractivity contribution is 0.0901. The highest BCUT2D eigenvalue weighted by molar-refractivity contribution is 5.80. The van der Waals surface area contributed by atoms with Crippen LogP contribution in [0.4, 0.5) is 0 Å². The van der Waals surface area contributed by atoms with E-state index >= 15 is 0 Å². The van der Waals surface area contributed by atoms with Crippen molar-refractivity contribution >= 4 is 11.0 Å². The first kappa shape index (κ1) is 15.3. The number of nitrogens with zero attached hydrogens (tertiary/aromatic N) is 1. The Balaban J connectivity index is 1.92. The molecule has 0 saturated carbocycles. The van der Waals surface area contributed by atoms with Crippen molar-refractivity contribution in [1.82, 2.24) is 4.90 Å². The minimum absolute atomic E-state index is 0.101. The Hall–Kier alpha value is -1.65. The second kappa shape index (κ2) is 5.52. The lowest BCUT2D eigenvalue weighted by atomic mass is 9.79. The molecule has 1 aromatic heterocycles. The fourth-order valence-electron chi connectivity index (χ4n) is 3.33. The Labute approximate surface area is 130 Å². The number of aryl methyl sites for hydroxylation is 1. The number of nitrogens with two attached hydrogens (primary N) is 1.